The standard InChI is InChI=1S/C13H19BrN2/c14-12-3-1-11(2-4-12)5-8-16-9-6-13(15)7-10-16/h1-4,13H,5-10,15H2. The number of nitrogens with zero attached hydrogens (tertiary/aromatic N) is 1. The smallest absolute Gasteiger partial charge is 0.0175 e. The van der Waals surface area contributed by atoms with Crippen molar-refractivity contribution in [1.82, 2.24) is 4.90 Å². The van der Waals surface area contributed by atoms with Crippen LogP contribution in [0, 0.1) is 0 Å². The highest BCUT2D eigenvalue weighted by molar-refractivity contribution is 9.10. The van der Waals surface area contributed by atoms with Gasteiger partial charge in [-0.05, 0) is 50.0 Å². The number of hydrogen-bond acceptors (Lipinski definition) is 2. The van der Waals surface area contributed by atoms with E-state index >= 15 is 0 Å². The van der Waals surface area contributed by atoms with Crippen molar-refractivity contribution in [2.75, 3.05) is 19.6 Å². The Kier molecular flexibility index (Phi) is 4.38. The summed E-state index contributed by atoms with van der Waals surface area (Å²) in [5.41, 5.74) is 7.30. The minimum atomic E-state index is 0.434. The summed E-state index contributed by atoms with van der Waals surface area (Å²) >= 11 is 3.46. The SMILES string of the molecule is NC1CCN(CCc2ccc(Br)cc2)CC1. The molecule has 2 N–H and O–H groups in total. The van der Waals surface area contributed by atoms with Gasteiger partial charge in [0.25, 0.3) is 0 Å². The van der Waals surface area contributed by atoms with Gasteiger partial charge in [0.1, 0.15) is 0 Å². The first-order valence-corrected chi connectivity index (χ1v) is 6.76. The molecular formula is C13H19BrN2. The zero-order valence-corrected chi connectivity index (χ0v) is 11.1. The summed E-state index contributed by atoms with van der Waals surface area (Å²) < 4.78 is 1.15. The van der Waals surface area contributed by atoms with Crippen molar-refractivity contribution in [2.45, 2.75) is 25.3 Å². The Morgan fingerprint density at radius 3 is 2.44 bits per heavy atom. The molecule has 0 saturated carbocycles. The Morgan fingerprint density at radius 1 is 1.19 bits per heavy atom. The van der Waals surface area contributed by atoms with E-state index in [4.69, 9.17) is 5.73 Å². The molecule has 0 spiro atoms. The van der Waals surface area contributed by atoms with Gasteiger partial charge in [0.2, 0.25) is 0 Å². The Balaban J connectivity index is 1.77. The number of halogens is 1. The van der Waals surface area contributed by atoms with E-state index < -0.39 is 0 Å². The highest BCUT2D eigenvalue weighted by Gasteiger charge is 2.15. The van der Waals surface area contributed by atoms with Crippen LogP contribution in [0.4, 0.5) is 0 Å². The van der Waals surface area contributed by atoms with Crippen molar-refractivity contribution < 1.29 is 0 Å². The lowest BCUT2D eigenvalue weighted by Gasteiger charge is -2.29. The van der Waals surface area contributed by atoms with E-state index in [-0.39, 0.29) is 0 Å². The summed E-state index contributed by atoms with van der Waals surface area (Å²) in [6.07, 6.45) is 3.45. The maximum Gasteiger partial charge on any atom is 0.0175 e. The molecule has 0 unspecified atom stereocenters. The fourth-order valence-corrected chi connectivity index (χ4v) is 2.38. The van der Waals surface area contributed by atoms with E-state index in [1.54, 1.807) is 0 Å². The van der Waals surface area contributed by atoms with Crippen molar-refractivity contribution in [2.24, 2.45) is 5.73 Å². The molecule has 1 aromatic rings. The lowest BCUT2D eigenvalue weighted by Crippen LogP contribution is -2.40. The molecule has 0 radical (unpaired) electrons. The van der Waals surface area contributed by atoms with Gasteiger partial charge in [0.05, 0.1) is 0 Å². The zero-order chi connectivity index (χ0) is 11.4. The quantitative estimate of drug-likeness (QED) is 0.923. The number of hydrogen-bond donors (Lipinski definition) is 1. The summed E-state index contributed by atoms with van der Waals surface area (Å²) in [6.45, 7) is 3.49. The highest BCUT2D eigenvalue weighted by atomic mass is 79.9. The molecule has 16 heavy (non-hydrogen) atoms. The molecule has 2 nitrogen and oxygen atoms in total. The second kappa shape index (κ2) is 5.80. The van der Waals surface area contributed by atoms with E-state index in [0.29, 0.717) is 6.04 Å². The third-order valence-electron chi connectivity index (χ3n) is 3.26. The van der Waals surface area contributed by atoms with Crippen LogP contribution in [-0.4, -0.2) is 30.6 Å². The van der Waals surface area contributed by atoms with E-state index in [2.05, 4.69) is 45.1 Å². The van der Waals surface area contributed by atoms with Gasteiger partial charge in [-0.1, -0.05) is 28.1 Å². The largest absolute Gasteiger partial charge is 0.328 e. The summed E-state index contributed by atoms with van der Waals surface area (Å²) in [5.74, 6) is 0. The van der Waals surface area contributed by atoms with Crippen molar-refractivity contribution in [3.8, 4) is 0 Å². The van der Waals surface area contributed by atoms with Crippen molar-refractivity contribution in [3.05, 3.63) is 34.3 Å². The van der Waals surface area contributed by atoms with Gasteiger partial charge < -0.3 is 10.6 Å². The van der Waals surface area contributed by atoms with E-state index in [1.807, 2.05) is 0 Å². The summed E-state index contributed by atoms with van der Waals surface area (Å²) in [7, 11) is 0. The Hall–Kier alpha value is -0.380. The normalized spacial score (nSPS) is 18.9. The van der Waals surface area contributed by atoms with Crippen molar-refractivity contribution in [3.63, 3.8) is 0 Å². The first kappa shape index (κ1) is 12.1. The molecule has 0 aliphatic carbocycles. The third kappa shape index (κ3) is 3.58. The van der Waals surface area contributed by atoms with Crippen LogP contribution >= 0.6 is 15.9 Å². The molecule has 1 aromatic carbocycles. The molecule has 0 bridgehead atoms. The van der Waals surface area contributed by atoms with Gasteiger partial charge in [-0.15, -0.1) is 0 Å². The maximum atomic E-state index is 5.89. The molecule has 1 aliphatic rings. The van der Waals surface area contributed by atoms with Crippen LogP contribution < -0.4 is 5.73 Å². The Morgan fingerprint density at radius 2 is 1.81 bits per heavy atom. The average Bonchev–Trinajstić information content (AvgIpc) is 2.30. The molecule has 0 amide bonds. The topological polar surface area (TPSA) is 29.3 Å². The van der Waals surface area contributed by atoms with Crippen LogP contribution in [0.2, 0.25) is 0 Å². The molecule has 3 heteroatoms. The second-order valence-corrected chi connectivity index (χ2v) is 5.47. The minimum absolute atomic E-state index is 0.434. The maximum absolute atomic E-state index is 5.89. The fourth-order valence-electron chi connectivity index (χ4n) is 2.11. The summed E-state index contributed by atoms with van der Waals surface area (Å²) in [5, 5.41) is 0. The molecule has 0 atom stereocenters. The Labute approximate surface area is 106 Å². The van der Waals surface area contributed by atoms with Crippen LogP contribution in [0.3, 0.4) is 0 Å². The third-order valence-corrected chi connectivity index (χ3v) is 3.79. The zero-order valence-electron chi connectivity index (χ0n) is 9.53. The number of rotatable bonds is 3. The highest BCUT2D eigenvalue weighted by Crippen LogP contribution is 2.13. The minimum Gasteiger partial charge on any atom is -0.328 e. The van der Waals surface area contributed by atoms with Gasteiger partial charge in [-0.3, -0.25) is 0 Å². The lowest BCUT2D eigenvalue weighted by atomic mass is 10.1. The van der Waals surface area contributed by atoms with Crippen molar-refractivity contribution >= 4 is 15.9 Å². The van der Waals surface area contributed by atoms with E-state index in [9.17, 15) is 0 Å². The van der Waals surface area contributed by atoms with E-state index in [1.165, 1.54) is 5.56 Å². The number of piperidine rings is 1. The van der Waals surface area contributed by atoms with Gasteiger partial charge in [0.15, 0.2) is 0 Å². The molecule has 1 saturated heterocycles. The number of likely N-dealkylation sites (tertiary alicyclic amines) is 1. The first-order valence-electron chi connectivity index (χ1n) is 5.96. The van der Waals surface area contributed by atoms with Gasteiger partial charge in [-0.2, -0.15) is 0 Å². The molecule has 0 aromatic heterocycles. The van der Waals surface area contributed by atoms with Gasteiger partial charge >= 0.3 is 0 Å². The Bertz CT molecular complexity index is 315. The molecule has 1 heterocycles. The molecule has 1 aliphatic heterocycles. The van der Waals surface area contributed by atoms with Crippen LogP contribution in [0.5, 0.6) is 0 Å². The fraction of sp³-hybridized carbons (Fsp3) is 0.538. The van der Waals surface area contributed by atoms with Crippen molar-refractivity contribution in [1.29, 1.82) is 0 Å². The average molecular weight is 283 g/mol. The first-order chi connectivity index (χ1) is 7.74. The molecule has 1 fully saturated rings. The predicted octanol–water partition coefficient (Wildman–Crippen LogP) is 2.41. The lowest BCUT2D eigenvalue weighted by molar-refractivity contribution is 0.215. The van der Waals surface area contributed by atoms with Gasteiger partial charge in [0, 0.05) is 17.1 Å². The van der Waals surface area contributed by atoms with Crippen LogP contribution in [0.15, 0.2) is 28.7 Å². The van der Waals surface area contributed by atoms with Crippen LogP contribution in [-0.2, 0) is 6.42 Å². The summed E-state index contributed by atoms with van der Waals surface area (Å²) in [4.78, 5) is 2.52. The predicted molar refractivity (Wildman–Crippen MR) is 71.5 cm³/mol. The molecular weight excluding hydrogens is 264 g/mol. The monoisotopic (exact) mass is 282 g/mol. The van der Waals surface area contributed by atoms with Crippen LogP contribution in [0.1, 0.15) is 18.4 Å². The van der Waals surface area contributed by atoms with Gasteiger partial charge in [-0.25, -0.2) is 0 Å². The second-order valence-electron chi connectivity index (χ2n) is 4.56. The molecule has 2 rings (SSSR count). The van der Waals surface area contributed by atoms with E-state index in [0.717, 1.165) is 43.4 Å². The molecule has 88 valence electrons. The number of benzene rings is 1. The summed E-state index contributed by atoms with van der Waals surface area (Å²) in [6, 6.07) is 9.05. The number of nitrogens with two attached hydrogens (primary N) is 1. The van der Waals surface area contributed by atoms with Crippen LogP contribution in [0.25, 0.3) is 0 Å².